The van der Waals surface area contributed by atoms with Gasteiger partial charge in [-0.2, -0.15) is 0 Å². The lowest BCUT2D eigenvalue weighted by atomic mass is 9.71. The molecule has 0 aromatic heterocycles. The molecular formula is C31H37NO8. The van der Waals surface area contributed by atoms with Crippen LogP contribution in [-0.4, -0.2) is 57.5 Å². The quantitative estimate of drug-likeness (QED) is 0.319. The van der Waals surface area contributed by atoms with Gasteiger partial charge in [-0.05, 0) is 68.5 Å². The molecule has 40 heavy (non-hydrogen) atoms. The Bertz CT molecular complexity index is 1340. The van der Waals surface area contributed by atoms with E-state index in [9.17, 15) is 14.7 Å². The smallest absolute Gasteiger partial charge is 0.336 e. The largest absolute Gasteiger partial charge is 0.504 e. The van der Waals surface area contributed by atoms with Gasteiger partial charge in [0, 0.05) is 29.3 Å². The molecule has 1 heterocycles. The zero-order valence-electron chi connectivity index (χ0n) is 23.8. The molecule has 4 rings (SSSR count). The van der Waals surface area contributed by atoms with Gasteiger partial charge in [0.25, 0.3) is 0 Å². The van der Waals surface area contributed by atoms with Gasteiger partial charge in [-0.3, -0.25) is 4.79 Å². The van der Waals surface area contributed by atoms with Crippen molar-refractivity contribution in [3.05, 3.63) is 70.1 Å². The average Bonchev–Trinajstić information content (AvgIpc) is 2.94. The van der Waals surface area contributed by atoms with Crippen LogP contribution in [0.4, 0.5) is 0 Å². The highest BCUT2D eigenvalue weighted by Crippen LogP contribution is 2.47. The number of Topliss-reactive ketones (excluding diaryl/α,β-unsaturated/α-hetero) is 1. The molecule has 2 aliphatic rings. The fourth-order valence-corrected chi connectivity index (χ4v) is 5.36. The number of methoxy groups -OCH3 is 3. The third-order valence-corrected chi connectivity index (χ3v) is 7.23. The Morgan fingerprint density at radius 2 is 1.62 bits per heavy atom. The topological polar surface area (TPSA) is 113 Å². The molecule has 0 spiro atoms. The number of benzene rings is 2. The first-order chi connectivity index (χ1) is 19.2. The molecule has 0 radical (unpaired) electrons. The van der Waals surface area contributed by atoms with Crippen LogP contribution in [0.5, 0.6) is 23.0 Å². The van der Waals surface area contributed by atoms with Crippen LogP contribution in [0.15, 0.2) is 58.9 Å². The van der Waals surface area contributed by atoms with Crippen molar-refractivity contribution in [3.63, 3.8) is 0 Å². The molecule has 0 fully saturated rings. The van der Waals surface area contributed by atoms with E-state index in [1.807, 2.05) is 32.0 Å². The first-order valence-corrected chi connectivity index (χ1v) is 13.3. The SMILES string of the molecule is COc1cc([C@H]2C(C(=O)OCCOC(C)C)=C(C)NC3=C2C(=O)C[C@H](c2ccc(OC)c(OC)c2)C3)ccc1O. The molecule has 9 nitrogen and oxygen atoms in total. The van der Waals surface area contributed by atoms with Gasteiger partial charge >= 0.3 is 5.97 Å². The standard InChI is InChI=1S/C31H37NO8/c1-17(2)39-11-12-40-31(35)28-18(3)32-22-13-21(19-8-10-25(36-4)27(15-19)38-6)14-24(34)30(22)29(28)20-7-9-23(33)26(16-20)37-5/h7-10,15-17,21,29,32-33H,11-14H2,1-6H3/t21-,29+/m1/s1. The van der Waals surface area contributed by atoms with Crippen LogP contribution in [-0.2, 0) is 19.1 Å². The summed E-state index contributed by atoms with van der Waals surface area (Å²) in [5.74, 6) is 0.0360. The van der Waals surface area contributed by atoms with Crippen molar-refractivity contribution in [2.45, 2.75) is 51.6 Å². The molecule has 9 heteroatoms. The predicted molar refractivity (Wildman–Crippen MR) is 149 cm³/mol. The molecule has 0 amide bonds. The average molecular weight is 552 g/mol. The molecule has 0 saturated carbocycles. The number of dihydropyridines is 1. The van der Waals surface area contributed by atoms with Gasteiger partial charge in [0.1, 0.15) is 6.61 Å². The zero-order chi connectivity index (χ0) is 29.0. The number of hydrogen-bond donors (Lipinski definition) is 2. The Morgan fingerprint density at radius 3 is 2.30 bits per heavy atom. The second-order valence-corrected chi connectivity index (χ2v) is 10.1. The highest BCUT2D eigenvalue weighted by Gasteiger charge is 2.41. The Hall–Kier alpha value is -3.98. The summed E-state index contributed by atoms with van der Waals surface area (Å²) in [7, 11) is 4.62. The Labute approximate surface area is 234 Å². The van der Waals surface area contributed by atoms with Crippen LogP contribution in [0.3, 0.4) is 0 Å². The molecule has 0 unspecified atom stereocenters. The lowest BCUT2D eigenvalue weighted by Crippen LogP contribution is -2.36. The summed E-state index contributed by atoms with van der Waals surface area (Å²) in [6.45, 7) is 5.97. The van der Waals surface area contributed by atoms with Crippen molar-refractivity contribution in [2.75, 3.05) is 34.5 Å². The maximum absolute atomic E-state index is 13.9. The van der Waals surface area contributed by atoms with Gasteiger partial charge in [-0.25, -0.2) is 4.79 Å². The number of phenolic OH excluding ortho intramolecular Hbond substituents is 1. The molecule has 1 aliphatic carbocycles. The zero-order valence-corrected chi connectivity index (χ0v) is 23.8. The first kappa shape index (κ1) is 29.0. The van der Waals surface area contributed by atoms with Crippen LogP contribution in [0.1, 0.15) is 56.6 Å². The fourth-order valence-electron chi connectivity index (χ4n) is 5.36. The summed E-state index contributed by atoms with van der Waals surface area (Å²) in [6.07, 6.45) is 0.828. The minimum atomic E-state index is -0.692. The second-order valence-electron chi connectivity index (χ2n) is 10.1. The van der Waals surface area contributed by atoms with E-state index < -0.39 is 11.9 Å². The third-order valence-electron chi connectivity index (χ3n) is 7.23. The molecule has 1 aliphatic heterocycles. The summed E-state index contributed by atoms with van der Waals surface area (Å²) in [4.78, 5) is 27.3. The second kappa shape index (κ2) is 12.5. The molecule has 2 N–H and O–H groups in total. The maximum Gasteiger partial charge on any atom is 0.336 e. The Kier molecular flexibility index (Phi) is 9.04. The summed E-state index contributed by atoms with van der Waals surface area (Å²) >= 11 is 0. The number of ether oxygens (including phenoxy) is 5. The van der Waals surface area contributed by atoms with Crippen LogP contribution >= 0.6 is 0 Å². The molecule has 2 atom stereocenters. The highest BCUT2D eigenvalue weighted by molar-refractivity contribution is 6.04. The molecule has 2 aromatic carbocycles. The van der Waals surface area contributed by atoms with Crippen LogP contribution in [0.2, 0.25) is 0 Å². The van der Waals surface area contributed by atoms with Crippen molar-refractivity contribution in [1.29, 1.82) is 0 Å². The van der Waals surface area contributed by atoms with E-state index in [2.05, 4.69) is 5.32 Å². The number of carbonyl (C=O) groups excluding carboxylic acids is 2. The van der Waals surface area contributed by atoms with Crippen molar-refractivity contribution in [2.24, 2.45) is 0 Å². The summed E-state index contributed by atoms with van der Waals surface area (Å²) < 4.78 is 27.3. The van der Waals surface area contributed by atoms with E-state index in [0.717, 1.165) is 11.3 Å². The fraction of sp³-hybridized carbons (Fsp3) is 0.419. The molecule has 0 bridgehead atoms. The van der Waals surface area contributed by atoms with Crippen LogP contribution < -0.4 is 19.5 Å². The lowest BCUT2D eigenvalue weighted by molar-refractivity contribution is -0.141. The minimum Gasteiger partial charge on any atom is -0.504 e. The summed E-state index contributed by atoms with van der Waals surface area (Å²) in [5, 5.41) is 13.6. The van der Waals surface area contributed by atoms with Crippen LogP contribution in [0.25, 0.3) is 0 Å². The number of ketones is 1. The van der Waals surface area contributed by atoms with Crippen molar-refractivity contribution < 1.29 is 38.4 Å². The van der Waals surface area contributed by atoms with E-state index >= 15 is 0 Å². The number of carbonyl (C=O) groups is 2. The van der Waals surface area contributed by atoms with E-state index in [0.29, 0.717) is 40.3 Å². The number of allylic oxidation sites excluding steroid dienone is 3. The Morgan fingerprint density at radius 1 is 0.950 bits per heavy atom. The third kappa shape index (κ3) is 5.94. The minimum absolute atomic E-state index is 0.0133. The normalized spacial score (nSPS) is 18.8. The van der Waals surface area contributed by atoms with Crippen molar-refractivity contribution in [3.8, 4) is 23.0 Å². The summed E-state index contributed by atoms with van der Waals surface area (Å²) in [5.41, 5.74) is 3.82. The van der Waals surface area contributed by atoms with Crippen LogP contribution in [0, 0.1) is 0 Å². The predicted octanol–water partition coefficient (Wildman–Crippen LogP) is 4.75. The van der Waals surface area contributed by atoms with E-state index in [1.54, 1.807) is 33.3 Å². The molecule has 0 saturated heterocycles. The monoisotopic (exact) mass is 551 g/mol. The van der Waals surface area contributed by atoms with Gasteiger partial charge in [0.2, 0.25) is 0 Å². The Balaban J connectivity index is 1.73. The number of phenols is 1. The molecule has 2 aromatic rings. The van der Waals surface area contributed by atoms with Gasteiger partial charge in [0.05, 0.1) is 39.6 Å². The highest BCUT2D eigenvalue weighted by atomic mass is 16.6. The van der Waals surface area contributed by atoms with Crippen molar-refractivity contribution in [1.82, 2.24) is 5.32 Å². The molecular weight excluding hydrogens is 514 g/mol. The van der Waals surface area contributed by atoms with Gasteiger partial charge < -0.3 is 34.1 Å². The van der Waals surface area contributed by atoms with E-state index in [1.165, 1.54) is 13.2 Å². The van der Waals surface area contributed by atoms with Gasteiger partial charge in [-0.1, -0.05) is 12.1 Å². The van der Waals surface area contributed by atoms with E-state index in [-0.39, 0.29) is 48.9 Å². The summed E-state index contributed by atoms with van der Waals surface area (Å²) in [6, 6.07) is 10.6. The van der Waals surface area contributed by atoms with Gasteiger partial charge in [-0.15, -0.1) is 0 Å². The van der Waals surface area contributed by atoms with Gasteiger partial charge in [0.15, 0.2) is 28.8 Å². The number of esters is 1. The lowest BCUT2D eigenvalue weighted by Gasteiger charge is -2.37. The number of hydrogen-bond acceptors (Lipinski definition) is 9. The molecule has 214 valence electrons. The van der Waals surface area contributed by atoms with Crippen molar-refractivity contribution >= 4 is 11.8 Å². The first-order valence-electron chi connectivity index (χ1n) is 13.3. The maximum atomic E-state index is 13.9. The number of aromatic hydroxyl groups is 1. The number of nitrogens with one attached hydrogen (secondary N) is 1. The van der Waals surface area contributed by atoms with E-state index in [4.69, 9.17) is 23.7 Å². The number of rotatable bonds is 10.